The van der Waals surface area contributed by atoms with E-state index in [-0.39, 0.29) is 13.0 Å². The van der Waals surface area contributed by atoms with E-state index in [1.54, 1.807) is 20.8 Å². The summed E-state index contributed by atoms with van der Waals surface area (Å²) in [7, 11) is 0. The molecule has 1 amide bonds. The zero-order valence-electron chi connectivity index (χ0n) is 10.6. The second-order valence-corrected chi connectivity index (χ2v) is 5.87. The summed E-state index contributed by atoms with van der Waals surface area (Å²) in [6.07, 6.45) is -2.50. The maximum atomic E-state index is 11.5. The maximum Gasteiger partial charge on any atom is 0.366 e. The van der Waals surface area contributed by atoms with Crippen LogP contribution in [0, 0.1) is 0 Å². The van der Waals surface area contributed by atoms with Crippen LogP contribution in [0.5, 0.6) is 0 Å². The summed E-state index contributed by atoms with van der Waals surface area (Å²) in [5.74, 6) is -1.23. The number of aliphatic hydroxyl groups excluding tert-OH is 1. The highest BCUT2D eigenvalue weighted by atomic mass is 16.4. The van der Waals surface area contributed by atoms with E-state index in [2.05, 4.69) is 0 Å². The Hall–Kier alpha value is -1.14. The van der Waals surface area contributed by atoms with E-state index in [0.29, 0.717) is 0 Å². The van der Waals surface area contributed by atoms with Gasteiger partial charge >= 0.3 is 5.97 Å². The number of aliphatic carboxylic acids is 1. The SMILES string of the molecule is CC(C)(C)[N+]1(C(=O)[O-])C[C@@H](O)C[C@@]1(C)C(=O)O. The molecule has 1 saturated heterocycles. The molecular formula is C11H19NO5. The van der Waals surface area contributed by atoms with Crippen molar-refractivity contribution in [1.29, 1.82) is 0 Å². The lowest BCUT2D eigenvalue weighted by molar-refractivity contribution is -0.944. The number of carbonyl (C=O) groups is 2. The molecule has 2 N–H and O–H groups in total. The topological polar surface area (TPSA) is 97.7 Å². The molecule has 0 spiro atoms. The van der Waals surface area contributed by atoms with Crippen molar-refractivity contribution in [3.63, 3.8) is 0 Å². The van der Waals surface area contributed by atoms with Crippen molar-refractivity contribution >= 4 is 12.1 Å². The highest BCUT2D eigenvalue weighted by Gasteiger charge is 2.66. The third-order valence-electron chi connectivity index (χ3n) is 3.88. The number of nitrogens with zero attached hydrogens (tertiary/aromatic N) is 1. The van der Waals surface area contributed by atoms with Gasteiger partial charge in [-0.1, -0.05) is 0 Å². The number of carboxylic acids is 1. The van der Waals surface area contributed by atoms with Gasteiger partial charge in [0.05, 0.1) is 5.54 Å². The van der Waals surface area contributed by atoms with Crippen molar-refractivity contribution < 1.29 is 29.4 Å². The summed E-state index contributed by atoms with van der Waals surface area (Å²) in [4.78, 5) is 22.9. The fourth-order valence-corrected chi connectivity index (χ4v) is 3.01. The first-order valence-corrected chi connectivity index (χ1v) is 5.50. The Balaban J connectivity index is 3.49. The Labute approximate surface area is 100 Å². The monoisotopic (exact) mass is 245 g/mol. The Kier molecular flexibility index (Phi) is 3.01. The Morgan fingerprint density at radius 3 is 2.12 bits per heavy atom. The van der Waals surface area contributed by atoms with Gasteiger partial charge in [0.15, 0.2) is 0 Å². The lowest BCUT2D eigenvalue weighted by Crippen LogP contribution is -2.76. The normalized spacial score (nSPS) is 38.1. The molecule has 17 heavy (non-hydrogen) atoms. The van der Waals surface area contributed by atoms with E-state index < -0.39 is 33.7 Å². The number of hydrogen-bond donors (Lipinski definition) is 2. The minimum absolute atomic E-state index is 0.0897. The molecule has 1 aliphatic heterocycles. The smallest absolute Gasteiger partial charge is 0.366 e. The molecule has 1 heterocycles. The fraction of sp³-hybridized carbons (Fsp3) is 0.818. The molecule has 6 heteroatoms. The molecule has 0 aromatic rings. The highest BCUT2D eigenvalue weighted by molar-refractivity contribution is 5.80. The molecule has 1 aliphatic rings. The zero-order chi connectivity index (χ0) is 13.6. The van der Waals surface area contributed by atoms with Gasteiger partial charge < -0.3 is 20.1 Å². The number of aliphatic hydroxyl groups is 1. The second kappa shape index (κ2) is 3.68. The van der Waals surface area contributed by atoms with Crippen molar-refractivity contribution in [2.24, 2.45) is 0 Å². The average molecular weight is 245 g/mol. The average Bonchev–Trinajstić information content (AvgIpc) is 2.38. The van der Waals surface area contributed by atoms with Crippen LogP contribution in [0.4, 0.5) is 4.79 Å². The number of rotatable bonds is 1. The summed E-state index contributed by atoms with van der Waals surface area (Å²) < 4.78 is -0.767. The van der Waals surface area contributed by atoms with Crippen molar-refractivity contribution in [1.82, 2.24) is 0 Å². The van der Waals surface area contributed by atoms with Crippen LogP contribution in [0.3, 0.4) is 0 Å². The van der Waals surface area contributed by atoms with Crippen LogP contribution < -0.4 is 5.11 Å². The lowest BCUT2D eigenvalue weighted by atomic mass is 9.90. The largest absolute Gasteiger partial charge is 0.498 e. The predicted molar refractivity (Wildman–Crippen MR) is 56.9 cm³/mol. The van der Waals surface area contributed by atoms with Crippen molar-refractivity contribution in [2.45, 2.75) is 51.3 Å². The predicted octanol–water partition coefficient (Wildman–Crippen LogP) is -0.447. The van der Waals surface area contributed by atoms with Crippen LogP contribution in [0.25, 0.3) is 0 Å². The molecule has 6 nitrogen and oxygen atoms in total. The number of amides is 1. The summed E-state index contributed by atoms with van der Waals surface area (Å²) in [6.45, 7) is 6.13. The standard InChI is InChI=1S/C11H19NO5/c1-10(2,3)12(9(16)17)6-7(13)5-11(12,4)8(14)15/h7,13H,5-6H2,1-4H3,(H-,14,15,16,17)/t7-,11-,12?/m0/s1. The Morgan fingerprint density at radius 2 is 1.88 bits per heavy atom. The molecule has 0 radical (unpaired) electrons. The molecule has 1 fully saturated rings. The third-order valence-corrected chi connectivity index (χ3v) is 3.88. The molecular weight excluding hydrogens is 226 g/mol. The van der Waals surface area contributed by atoms with Gasteiger partial charge in [0.2, 0.25) is 5.54 Å². The van der Waals surface area contributed by atoms with Crippen LogP contribution >= 0.6 is 0 Å². The molecule has 0 aliphatic carbocycles. The summed E-state index contributed by atoms with van der Waals surface area (Å²) in [5, 5.41) is 30.5. The summed E-state index contributed by atoms with van der Waals surface area (Å²) in [5.41, 5.74) is -2.44. The summed E-state index contributed by atoms with van der Waals surface area (Å²) >= 11 is 0. The number of hydrogen-bond acceptors (Lipinski definition) is 4. The number of carbonyl (C=O) groups excluding carboxylic acids is 1. The Morgan fingerprint density at radius 1 is 1.41 bits per heavy atom. The first-order valence-electron chi connectivity index (χ1n) is 5.50. The van der Waals surface area contributed by atoms with Crippen molar-refractivity contribution in [2.75, 3.05) is 6.54 Å². The minimum atomic E-state index is -1.57. The quantitative estimate of drug-likeness (QED) is 0.610. The van der Waals surface area contributed by atoms with Crippen LogP contribution in [-0.2, 0) is 4.79 Å². The first kappa shape index (κ1) is 13.9. The number of carboxylic acid groups (broad SMARTS) is 2. The van der Waals surface area contributed by atoms with Crippen LogP contribution in [0.15, 0.2) is 0 Å². The second-order valence-electron chi connectivity index (χ2n) is 5.87. The molecule has 1 unspecified atom stereocenters. The molecule has 0 bridgehead atoms. The van der Waals surface area contributed by atoms with E-state index in [1.807, 2.05) is 0 Å². The third kappa shape index (κ3) is 1.63. The molecule has 1 rings (SSSR count). The van der Waals surface area contributed by atoms with Gasteiger partial charge in [-0.05, 0) is 20.8 Å². The molecule has 0 aromatic heterocycles. The van der Waals surface area contributed by atoms with E-state index in [4.69, 9.17) is 0 Å². The van der Waals surface area contributed by atoms with Crippen molar-refractivity contribution in [3.8, 4) is 0 Å². The van der Waals surface area contributed by atoms with Gasteiger partial charge in [0, 0.05) is 13.3 Å². The van der Waals surface area contributed by atoms with Crippen LogP contribution in [-0.4, -0.2) is 50.5 Å². The van der Waals surface area contributed by atoms with E-state index in [9.17, 15) is 24.9 Å². The molecule has 0 aromatic carbocycles. The van der Waals surface area contributed by atoms with Gasteiger partial charge in [-0.3, -0.25) is 4.48 Å². The van der Waals surface area contributed by atoms with Crippen LogP contribution in [0.1, 0.15) is 34.1 Å². The number of quaternary nitrogens is 1. The summed E-state index contributed by atoms with van der Waals surface area (Å²) in [6, 6.07) is 0. The zero-order valence-corrected chi connectivity index (χ0v) is 10.6. The van der Waals surface area contributed by atoms with Crippen molar-refractivity contribution in [3.05, 3.63) is 0 Å². The minimum Gasteiger partial charge on any atom is -0.498 e. The van der Waals surface area contributed by atoms with E-state index >= 15 is 0 Å². The number of likely N-dealkylation sites (tertiary alicyclic amines) is 1. The lowest BCUT2D eigenvalue weighted by Gasteiger charge is -2.52. The molecule has 3 atom stereocenters. The van der Waals surface area contributed by atoms with E-state index in [0.717, 1.165) is 0 Å². The van der Waals surface area contributed by atoms with Gasteiger partial charge in [-0.25, -0.2) is 4.79 Å². The highest BCUT2D eigenvalue weighted by Crippen LogP contribution is 2.44. The first-order chi connectivity index (χ1) is 7.49. The molecule has 0 saturated carbocycles. The van der Waals surface area contributed by atoms with Gasteiger partial charge in [0.25, 0.3) is 6.09 Å². The van der Waals surface area contributed by atoms with Crippen LogP contribution in [0.2, 0.25) is 0 Å². The van der Waals surface area contributed by atoms with Gasteiger partial charge in [-0.2, -0.15) is 0 Å². The molecule has 98 valence electrons. The van der Waals surface area contributed by atoms with Gasteiger partial charge in [0.1, 0.15) is 12.6 Å². The van der Waals surface area contributed by atoms with E-state index in [1.165, 1.54) is 6.92 Å². The fourth-order valence-electron chi connectivity index (χ4n) is 3.01. The van der Waals surface area contributed by atoms with Gasteiger partial charge in [-0.15, -0.1) is 0 Å². The Bertz CT molecular complexity index is 361. The maximum absolute atomic E-state index is 11.5.